The zero-order chi connectivity index (χ0) is 15.6. The Kier molecular flexibility index (Phi) is 4.15. The highest BCUT2D eigenvalue weighted by molar-refractivity contribution is 5.94. The summed E-state index contributed by atoms with van der Waals surface area (Å²) < 4.78 is 37.2. The van der Waals surface area contributed by atoms with Gasteiger partial charge in [0.15, 0.2) is 0 Å². The first-order chi connectivity index (χ1) is 9.79. The van der Waals surface area contributed by atoms with Gasteiger partial charge in [-0.2, -0.15) is 13.2 Å². The Morgan fingerprint density at radius 1 is 1.33 bits per heavy atom. The monoisotopic (exact) mass is 302 g/mol. The second-order valence-electron chi connectivity index (χ2n) is 4.86. The van der Waals surface area contributed by atoms with Crippen molar-refractivity contribution in [2.75, 3.05) is 13.1 Å². The summed E-state index contributed by atoms with van der Waals surface area (Å²) in [5, 5.41) is 8.96. The van der Waals surface area contributed by atoms with Crippen molar-refractivity contribution < 1.29 is 27.9 Å². The van der Waals surface area contributed by atoms with Crippen LogP contribution in [0.4, 0.5) is 13.2 Å². The van der Waals surface area contributed by atoms with Gasteiger partial charge in [-0.3, -0.25) is 14.6 Å². The first kappa shape index (κ1) is 15.3. The van der Waals surface area contributed by atoms with Crippen LogP contribution in [0, 0.1) is 5.92 Å². The van der Waals surface area contributed by atoms with Gasteiger partial charge >= 0.3 is 12.1 Å². The number of carbonyl (C=O) groups is 2. The highest BCUT2D eigenvalue weighted by Gasteiger charge is 2.33. The maximum absolute atomic E-state index is 12.4. The number of likely N-dealkylation sites (tertiary alicyclic amines) is 1. The summed E-state index contributed by atoms with van der Waals surface area (Å²) in [6, 6.07) is 1.80. The fraction of sp³-hybridized carbons (Fsp3) is 0.462. The fourth-order valence-corrected chi connectivity index (χ4v) is 2.23. The molecule has 1 fully saturated rings. The van der Waals surface area contributed by atoms with Gasteiger partial charge in [0.2, 0.25) is 0 Å². The molecule has 21 heavy (non-hydrogen) atoms. The van der Waals surface area contributed by atoms with Crippen molar-refractivity contribution in [1.29, 1.82) is 0 Å². The van der Waals surface area contributed by atoms with Crippen LogP contribution in [0.5, 0.6) is 0 Å². The van der Waals surface area contributed by atoms with Gasteiger partial charge in [0.1, 0.15) is 5.69 Å². The van der Waals surface area contributed by atoms with Gasteiger partial charge in [-0.1, -0.05) is 0 Å². The number of hydrogen-bond acceptors (Lipinski definition) is 3. The second-order valence-corrected chi connectivity index (χ2v) is 4.86. The van der Waals surface area contributed by atoms with E-state index in [0.29, 0.717) is 19.4 Å². The van der Waals surface area contributed by atoms with Crippen molar-refractivity contribution >= 4 is 11.9 Å². The maximum Gasteiger partial charge on any atom is 0.433 e. The molecule has 1 saturated heterocycles. The lowest BCUT2D eigenvalue weighted by Crippen LogP contribution is -2.42. The summed E-state index contributed by atoms with van der Waals surface area (Å²) in [6.07, 6.45) is -2.64. The van der Waals surface area contributed by atoms with Crippen LogP contribution in [0.15, 0.2) is 18.3 Å². The molecule has 0 aliphatic carbocycles. The Morgan fingerprint density at radius 3 is 2.57 bits per heavy atom. The lowest BCUT2D eigenvalue weighted by Gasteiger charge is -2.30. The molecule has 1 aromatic rings. The number of halogens is 3. The number of aromatic nitrogens is 1. The normalized spacial score (nSPS) is 19.4. The zero-order valence-electron chi connectivity index (χ0n) is 10.9. The summed E-state index contributed by atoms with van der Waals surface area (Å²) >= 11 is 0. The molecular formula is C13H13F3N2O3. The molecule has 0 spiro atoms. The van der Waals surface area contributed by atoms with Gasteiger partial charge < -0.3 is 10.0 Å². The number of carboxylic acid groups (broad SMARTS) is 1. The van der Waals surface area contributed by atoms with Crippen molar-refractivity contribution in [3.8, 4) is 0 Å². The van der Waals surface area contributed by atoms with E-state index in [-0.39, 0.29) is 12.1 Å². The summed E-state index contributed by atoms with van der Waals surface area (Å²) in [5.41, 5.74) is -1.05. The largest absolute Gasteiger partial charge is 0.481 e. The molecule has 1 aliphatic heterocycles. The molecule has 114 valence electrons. The SMILES string of the molecule is O=C(O)[C@H]1CCCN(C(=O)c2ccc(C(F)(F)F)nc2)C1. The number of carbonyl (C=O) groups excluding carboxylic acids is 1. The summed E-state index contributed by atoms with van der Waals surface area (Å²) in [6.45, 7) is 0.457. The van der Waals surface area contributed by atoms with E-state index < -0.39 is 29.7 Å². The number of piperidine rings is 1. The van der Waals surface area contributed by atoms with Crippen LogP contribution in [-0.2, 0) is 11.0 Å². The van der Waals surface area contributed by atoms with E-state index in [2.05, 4.69) is 4.98 Å². The van der Waals surface area contributed by atoms with E-state index >= 15 is 0 Å². The Labute approximate surface area is 118 Å². The molecule has 1 N–H and O–H groups in total. The maximum atomic E-state index is 12.4. The average molecular weight is 302 g/mol. The molecule has 1 aliphatic rings. The number of amides is 1. The summed E-state index contributed by atoms with van der Waals surface area (Å²) in [5.74, 6) is -2.11. The van der Waals surface area contributed by atoms with Crippen LogP contribution in [0.3, 0.4) is 0 Å². The van der Waals surface area contributed by atoms with E-state index in [1.165, 1.54) is 4.90 Å². The minimum Gasteiger partial charge on any atom is -0.481 e. The highest BCUT2D eigenvalue weighted by Crippen LogP contribution is 2.27. The van der Waals surface area contributed by atoms with Gasteiger partial charge in [-0.25, -0.2) is 0 Å². The van der Waals surface area contributed by atoms with Crippen molar-refractivity contribution in [2.24, 2.45) is 5.92 Å². The Morgan fingerprint density at radius 2 is 2.05 bits per heavy atom. The number of alkyl halides is 3. The Hall–Kier alpha value is -2.12. The molecule has 2 rings (SSSR count). The molecule has 1 aromatic heterocycles. The quantitative estimate of drug-likeness (QED) is 0.907. The smallest absolute Gasteiger partial charge is 0.433 e. The average Bonchev–Trinajstić information content (AvgIpc) is 2.46. The number of rotatable bonds is 2. The van der Waals surface area contributed by atoms with E-state index in [9.17, 15) is 22.8 Å². The van der Waals surface area contributed by atoms with Crippen molar-refractivity contribution in [2.45, 2.75) is 19.0 Å². The molecule has 1 amide bonds. The standard InChI is InChI=1S/C13H13F3N2O3/c14-13(15,16)10-4-3-8(6-17-10)11(19)18-5-1-2-9(7-18)12(20)21/h3-4,6,9H,1-2,5,7H2,(H,20,21)/t9-/m0/s1. The van der Waals surface area contributed by atoms with Crippen LogP contribution in [-0.4, -0.2) is 40.0 Å². The molecule has 0 radical (unpaired) electrons. The van der Waals surface area contributed by atoms with Gasteiger partial charge in [0.25, 0.3) is 5.91 Å². The molecule has 5 nitrogen and oxygen atoms in total. The van der Waals surface area contributed by atoms with Crippen molar-refractivity contribution in [1.82, 2.24) is 9.88 Å². The first-order valence-electron chi connectivity index (χ1n) is 6.34. The van der Waals surface area contributed by atoms with Gasteiger partial charge in [0.05, 0.1) is 11.5 Å². The van der Waals surface area contributed by atoms with Gasteiger partial charge in [-0.15, -0.1) is 0 Å². The third kappa shape index (κ3) is 3.50. The van der Waals surface area contributed by atoms with E-state index in [4.69, 9.17) is 5.11 Å². The Bertz CT molecular complexity index is 543. The third-order valence-electron chi connectivity index (χ3n) is 3.36. The molecular weight excluding hydrogens is 289 g/mol. The lowest BCUT2D eigenvalue weighted by atomic mass is 9.98. The topological polar surface area (TPSA) is 70.5 Å². The van der Waals surface area contributed by atoms with E-state index in [1.807, 2.05) is 0 Å². The first-order valence-corrected chi connectivity index (χ1v) is 6.34. The van der Waals surface area contributed by atoms with Crippen LogP contribution < -0.4 is 0 Å². The predicted molar refractivity (Wildman–Crippen MR) is 65.5 cm³/mol. The van der Waals surface area contributed by atoms with Gasteiger partial charge in [0, 0.05) is 19.3 Å². The van der Waals surface area contributed by atoms with E-state index in [0.717, 1.165) is 18.3 Å². The van der Waals surface area contributed by atoms with Crippen LogP contribution in [0.25, 0.3) is 0 Å². The molecule has 0 unspecified atom stereocenters. The Balaban J connectivity index is 2.11. The number of nitrogens with zero attached hydrogens (tertiary/aromatic N) is 2. The van der Waals surface area contributed by atoms with E-state index in [1.54, 1.807) is 0 Å². The summed E-state index contributed by atoms with van der Waals surface area (Å²) in [4.78, 5) is 27.7. The minimum atomic E-state index is -4.55. The minimum absolute atomic E-state index is 0.0223. The third-order valence-corrected chi connectivity index (χ3v) is 3.36. The van der Waals surface area contributed by atoms with Crippen LogP contribution in [0.1, 0.15) is 28.9 Å². The van der Waals surface area contributed by atoms with Crippen LogP contribution in [0.2, 0.25) is 0 Å². The lowest BCUT2D eigenvalue weighted by molar-refractivity contribution is -0.143. The molecule has 0 bridgehead atoms. The molecule has 1 atom stereocenters. The predicted octanol–water partition coefficient (Wildman–Crippen LogP) is 2.04. The molecule has 0 aromatic carbocycles. The number of carboxylic acids is 1. The van der Waals surface area contributed by atoms with Crippen molar-refractivity contribution in [3.63, 3.8) is 0 Å². The van der Waals surface area contributed by atoms with Crippen LogP contribution >= 0.6 is 0 Å². The van der Waals surface area contributed by atoms with Gasteiger partial charge in [-0.05, 0) is 25.0 Å². The number of hydrogen-bond donors (Lipinski definition) is 1. The fourth-order valence-electron chi connectivity index (χ4n) is 2.23. The molecule has 0 saturated carbocycles. The number of aliphatic carboxylic acids is 1. The molecule has 8 heteroatoms. The number of pyridine rings is 1. The summed E-state index contributed by atoms with van der Waals surface area (Å²) in [7, 11) is 0. The molecule has 2 heterocycles. The highest BCUT2D eigenvalue weighted by atomic mass is 19.4. The zero-order valence-corrected chi connectivity index (χ0v) is 10.9. The van der Waals surface area contributed by atoms with Crippen molar-refractivity contribution in [3.05, 3.63) is 29.6 Å². The second kappa shape index (κ2) is 5.71.